The third kappa shape index (κ3) is 4.57. The number of para-hydroxylation sites is 2. The summed E-state index contributed by atoms with van der Waals surface area (Å²) < 4.78 is 2.36. The molecule has 2 nitrogen and oxygen atoms in total. The van der Waals surface area contributed by atoms with Gasteiger partial charge in [0, 0.05) is 33.4 Å². The number of aromatic nitrogens is 1. The van der Waals surface area contributed by atoms with Gasteiger partial charge < -0.3 is 9.88 Å². The fourth-order valence-corrected chi connectivity index (χ4v) is 5.42. The van der Waals surface area contributed by atoms with Gasteiger partial charge in [-0.05, 0) is 59.2 Å². The van der Waals surface area contributed by atoms with Crippen LogP contribution < -0.4 is 5.32 Å². The molecule has 0 saturated carbocycles. The zero-order chi connectivity index (χ0) is 26.7. The molecule has 7 aromatic rings. The first-order chi connectivity index (χ1) is 19.8. The van der Waals surface area contributed by atoms with Crippen molar-refractivity contribution in [3.63, 3.8) is 0 Å². The SMILES string of the molecule is C(=C/c1ccc(Nc2cc3c(cc2-c2ccccc2)c2ccccc2n3-c2ccccc2)cc1)/c1ccccc1. The smallest absolute Gasteiger partial charge is 0.0562 e. The van der Waals surface area contributed by atoms with Crippen molar-refractivity contribution >= 4 is 45.3 Å². The van der Waals surface area contributed by atoms with Crippen LogP contribution in [-0.2, 0) is 0 Å². The summed E-state index contributed by atoms with van der Waals surface area (Å²) >= 11 is 0. The fraction of sp³-hybridized carbons (Fsp3) is 0. The van der Waals surface area contributed by atoms with E-state index >= 15 is 0 Å². The molecule has 1 N–H and O–H groups in total. The highest BCUT2D eigenvalue weighted by Crippen LogP contribution is 2.40. The summed E-state index contributed by atoms with van der Waals surface area (Å²) in [6.07, 6.45) is 4.30. The second-order valence-electron chi connectivity index (χ2n) is 9.96. The van der Waals surface area contributed by atoms with Gasteiger partial charge in [-0.15, -0.1) is 0 Å². The van der Waals surface area contributed by atoms with Gasteiger partial charge in [0.25, 0.3) is 0 Å². The number of fused-ring (bicyclic) bond motifs is 3. The van der Waals surface area contributed by atoms with Crippen molar-refractivity contribution < 1.29 is 0 Å². The molecule has 190 valence electrons. The summed E-state index contributed by atoms with van der Waals surface area (Å²) in [7, 11) is 0. The number of nitrogens with one attached hydrogen (secondary N) is 1. The van der Waals surface area contributed by atoms with Crippen LogP contribution in [0.5, 0.6) is 0 Å². The Balaban J connectivity index is 1.35. The minimum atomic E-state index is 1.05. The zero-order valence-corrected chi connectivity index (χ0v) is 22.0. The van der Waals surface area contributed by atoms with Crippen molar-refractivity contribution in [1.82, 2.24) is 4.57 Å². The molecule has 6 aromatic carbocycles. The Kier molecular flexibility index (Phi) is 6.20. The molecule has 1 heterocycles. The molecule has 0 amide bonds. The van der Waals surface area contributed by atoms with Crippen molar-refractivity contribution in [3.8, 4) is 16.8 Å². The van der Waals surface area contributed by atoms with Gasteiger partial charge in [-0.2, -0.15) is 0 Å². The molecule has 0 saturated heterocycles. The molecule has 1 aromatic heterocycles. The third-order valence-corrected chi connectivity index (χ3v) is 7.37. The van der Waals surface area contributed by atoms with Crippen molar-refractivity contribution in [1.29, 1.82) is 0 Å². The lowest BCUT2D eigenvalue weighted by Crippen LogP contribution is -1.97. The Morgan fingerprint density at radius 3 is 1.80 bits per heavy atom. The van der Waals surface area contributed by atoms with Crippen molar-refractivity contribution in [2.24, 2.45) is 0 Å². The largest absolute Gasteiger partial charge is 0.355 e. The summed E-state index contributed by atoms with van der Waals surface area (Å²) in [5, 5.41) is 6.24. The molecule has 0 aliphatic carbocycles. The lowest BCUT2D eigenvalue weighted by Gasteiger charge is -2.15. The van der Waals surface area contributed by atoms with Crippen molar-refractivity contribution in [3.05, 3.63) is 163 Å². The molecule has 0 aliphatic rings. The van der Waals surface area contributed by atoms with E-state index in [0.717, 1.165) is 22.6 Å². The molecule has 7 rings (SSSR count). The topological polar surface area (TPSA) is 17.0 Å². The molecule has 0 bridgehead atoms. The summed E-state index contributed by atoms with van der Waals surface area (Å²) in [5.74, 6) is 0. The minimum absolute atomic E-state index is 1.05. The van der Waals surface area contributed by atoms with E-state index in [4.69, 9.17) is 0 Å². The monoisotopic (exact) mass is 512 g/mol. The normalized spacial score (nSPS) is 11.4. The number of rotatable bonds is 6. The van der Waals surface area contributed by atoms with Gasteiger partial charge >= 0.3 is 0 Å². The number of benzene rings is 6. The van der Waals surface area contributed by atoms with Crippen LogP contribution in [-0.4, -0.2) is 4.57 Å². The van der Waals surface area contributed by atoms with E-state index in [1.165, 1.54) is 38.5 Å². The summed E-state index contributed by atoms with van der Waals surface area (Å²) in [4.78, 5) is 0. The van der Waals surface area contributed by atoms with Crippen LogP contribution in [0.1, 0.15) is 11.1 Å². The lowest BCUT2D eigenvalue weighted by atomic mass is 10.00. The molecular weight excluding hydrogens is 484 g/mol. The van der Waals surface area contributed by atoms with Crippen LogP contribution in [0, 0.1) is 0 Å². The van der Waals surface area contributed by atoms with Crippen LogP contribution in [0.15, 0.2) is 152 Å². The summed E-state index contributed by atoms with van der Waals surface area (Å²) in [6.45, 7) is 0. The van der Waals surface area contributed by atoms with Gasteiger partial charge in [0.05, 0.1) is 11.0 Å². The van der Waals surface area contributed by atoms with Crippen molar-refractivity contribution in [2.45, 2.75) is 0 Å². The number of nitrogens with zero attached hydrogens (tertiary/aromatic N) is 1. The Hall–Kier alpha value is -5.34. The van der Waals surface area contributed by atoms with E-state index < -0.39 is 0 Å². The molecule has 2 heteroatoms. The van der Waals surface area contributed by atoms with Crippen LogP contribution >= 0.6 is 0 Å². The first-order valence-corrected chi connectivity index (χ1v) is 13.6. The van der Waals surface area contributed by atoms with E-state index in [1.807, 2.05) is 6.07 Å². The van der Waals surface area contributed by atoms with E-state index in [0.29, 0.717) is 0 Å². The minimum Gasteiger partial charge on any atom is -0.355 e. The van der Waals surface area contributed by atoms with Crippen LogP contribution in [0.2, 0.25) is 0 Å². The van der Waals surface area contributed by atoms with E-state index in [2.05, 4.69) is 168 Å². The van der Waals surface area contributed by atoms with Gasteiger partial charge in [-0.25, -0.2) is 0 Å². The maximum Gasteiger partial charge on any atom is 0.0562 e. The summed E-state index contributed by atoms with van der Waals surface area (Å²) in [6, 6.07) is 53.5. The second kappa shape index (κ2) is 10.4. The zero-order valence-electron chi connectivity index (χ0n) is 22.0. The fourth-order valence-electron chi connectivity index (χ4n) is 5.42. The highest BCUT2D eigenvalue weighted by Gasteiger charge is 2.16. The molecule has 0 aliphatic heterocycles. The maximum atomic E-state index is 3.75. The van der Waals surface area contributed by atoms with Gasteiger partial charge in [-0.3, -0.25) is 0 Å². The van der Waals surface area contributed by atoms with Crippen LogP contribution in [0.3, 0.4) is 0 Å². The van der Waals surface area contributed by atoms with Crippen LogP contribution in [0.4, 0.5) is 11.4 Å². The van der Waals surface area contributed by atoms with Gasteiger partial charge in [-0.1, -0.05) is 121 Å². The standard InChI is InChI=1S/C38H28N2/c1-4-12-28(13-5-1)20-21-29-22-24-31(25-23-29)39-36-27-38-35(26-34(36)30-14-6-2-7-15-30)33-18-10-11-19-37(33)40(38)32-16-8-3-9-17-32/h1-27,39H/b21-20-. The Bertz CT molecular complexity index is 1930. The molecule has 40 heavy (non-hydrogen) atoms. The average molecular weight is 513 g/mol. The Morgan fingerprint density at radius 2 is 1.07 bits per heavy atom. The first kappa shape index (κ1) is 23.8. The molecule has 0 atom stereocenters. The highest BCUT2D eigenvalue weighted by molar-refractivity contribution is 6.12. The first-order valence-electron chi connectivity index (χ1n) is 13.6. The Morgan fingerprint density at radius 1 is 0.475 bits per heavy atom. The molecule has 0 unspecified atom stereocenters. The average Bonchev–Trinajstić information content (AvgIpc) is 3.35. The van der Waals surface area contributed by atoms with Crippen molar-refractivity contribution in [2.75, 3.05) is 5.32 Å². The number of anilines is 2. The van der Waals surface area contributed by atoms with E-state index in [1.54, 1.807) is 0 Å². The Labute approximate surface area is 234 Å². The number of hydrogen-bond donors (Lipinski definition) is 1. The molecule has 0 spiro atoms. The van der Waals surface area contributed by atoms with Gasteiger partial charge in [0.1, 0.15) is 0 Å². The second-order valence-corrected chi connectivity index (χ2v) is 9.96. The summed E-state index contributed by atoms with van der Waals surface area (Å²) in [5.41, 5.74) is 10.4. The molecular formula is C38H28N2. The predicted molar refractivity (Wildman–Crippen MR) is 171 cm³/mol. The van der Waals surface area contributed by atoms with E-state index in [-0.39, 0.29) is 0 Å². The predicted octanol–water partition coefficient (Wildman–Crippen LogP) is 10.4. The third-order valence-electron chi connectivity index (χ3n) is 7.37. The van der Waals surface area contributed by atoms with Crippen LogP contribution in [0.25, 0.3) is 50.8 Å². The highest BCUT2D eigenvalue weighted by atomic mass is 15.0. The molecule has 0 radical (unpaired) electrons. The maximum absolute atomic E-state index is 3.75. The van der Waals surface area contributed by atoms with Gasteiger partial charge in [0.2, 0.25) is 0 Å². The lowest BCUT2D eigenvalue weighted by molar-refractivity contribution is 1.18. The quantitative estimate of drug-likeness (QED) is 0.219. The van der Waals surface area contributed by atoms with Gasteiger partial charge in [0.15, 0.2) is 0 Å². The van der Waals surface area contributed by atoms with E-state index in [9.17, 15) is 0 Å². The molecule has 0 fully saturated rings. The number of hydrogen-bond acceptors (Lipinski definition) is 1.